The molecule has 0 aromatic heterocycles. The van der Waals surface area contributed by atoms with Gasteiger partial charge in [0, 0.05) is 21.2 Å². The zero-order valence-corrected chi connectivity index (χ0v) is 25.2. The lowest BCUT2D eigenvalue weighted by Crippen LogP contribution is -2.52. The van der Waals surface area contributed by atoms with Crippen LogP contribution in [0.4, 0.5) is 5.69 Å². The molecule has 38 heavy (non-hydrogen) atoms. The summed E-state index contributed by atoms with van der Waals surface area (Å²) in [6, 6.07) is 20.9. The van der Waals surface area contributed by atoms with Gasteiger partial charge in [-0.15, -0.1) is 0 Å². The molecule has 0 saturated heterocycles. The van der Waals surface area contributed by atoms with Crippen molar-refractivity contribution in [3.63, 3.8) is 0 Å². The summed E-state index contributed by atoms with van der Waals surface area (Å²) in [6.45, 7) is 5.12. The minimum absolute atomic E-state index is 0.0677. The molecule has 0 aliphatic carbocycles. The second-order valence-electron chi connectivity index (χ2n) is 8.94. The van der Waals surface area contributed by atoms with Crippen molar-refractivity contribution in [1.29, 1.82) is 0 Å². The normalized spacial score (nSPS) is 12.9. The molecule has 0 heterocycles. The molecule has 202 valence electrons. The van der Waals surface area contributed by atoms with Crippen LogP contribution in [-0.4, -0.2) is 43.8 Å². The van der Waals surface area contributed by atoms with Gasteiger partial charge in [-0.05, 0) is 97.0 Å². The number of carbonyl (C=O) groups is 2. The molecular formula is C28H31ClIN3O4S. The van der Waals surface area contributed by atoms with Crippen molar-refractivity contribution in [1.82, 2.24) is 10.2 Å². The quantitative estimate of drug-likeness (QED) is 0.275. The first kappa shape index (κ1) is 29.9. The van der Waals surface area contributed by atoms with Gasteiger partial charge in [0.1, 0.15) is 12.6 Å². The number of benzene rings is 3. The van der Waals surface area contributed by atoms with Crippen molar-refractivity contribution >= 4 is 61.7 Å². The topological polar surface area (TPSA) is 86.8 Å². The zero-order valence-electron chi connectivity index (χ0n) is 21.5. The molecule has 0 fully saturated rings. The maximum absolute atomic E-state index is 13.9. The number of anilines is 1. The Kier molecular flexibility index (Phi) is 10.6. The summed E-state index contributed by atoms with van der Waals surface area (Å²) >= 11 is 8.17. The fourth-order valence-corrected chi connectivity index (χ4v) is 5.61. The van der Waals surface area contributed by atoms with E-state index in [1.165, 1.54) is 17.0 Å². The van der Waals surface area contributed by atoms with Crippen LogP contribution in [0.5, 0.6) is 0 Å². The van der Waals surface area contributed by atoms with Gasteiger partial charge < -0.3 is 10.2 Å². The Bertz CT molecular complexity index is 1340. The smallest absolute Gasteiger partial charge is 0.264 e. The standard InChI is InChI=1S/C28H31ClIN3O4S/c1-4-20(2)31-28(35)21(3)32(18-22-10-12-23(29)13-11-22)27(34)19-33(25-16-14-24(30)15-17-25)38(36,37)26-8-6-5-7-9-26/h5-17,20-21H,4,18-19H2,1-3H3,(H,31,35)/t20-,21+/m0/s1. The van der Waals surface area contributed by atoms with Gasteiger partial charge in [-0.2, -0.15) is 0 Å². The van der Waals surface area contributed by atoms with Gasteiger partial charge in [-0.3, -0.25) is 13.9 Å². The van der Waals surface area contributed by atoms with Crippen LogP contribution in [0, 0.1) is 3.57 Å². The number of nitrogens with zero attached hydrogens (tertiary/aromatic N) is 2. The van der Waals surface area contributed by atoms with Gasteiger partial charge in [0.25, 0.3) is 10.0 Å². The highest BCUT2D eigenvalue weighted by Crippen LogP contribution is 2.25. The molecule has 0 bridgehead atoms. The van der Waals surface area contributed by atoms with Crippen LogP contribution in [0.25, 0.3) is 0 Å². The number of hydrogen-bond acceptors (Lipinski definition) is 4. The van der Waals surface area contributed by atoms with Crippen LogP contribution >= 0.6 is 34.2 Å². The van der Waals surface area contributed by atoms with Crippen molar-refractivity contribution in [2.24, 2.45) is 0 Å². The van der Waals surface area contributed by atoms with E-state index < -0.39 is 28.5 Å². The number of amides is 2. The minimum Gasteiger partial charge on any atom is -0.352 e. The van der Waals surface area contributed by atoms with E-state index in [-0.39, 0.29) is 23.4 Å². The lowest BCUT2D eigenvalue weighted by atomic mass is 10.1. The number of rotatable bonds is 11. The predicted molar refractivity (Wildman–Crippen MR) is 159 cm³/mol. The summed E-state index contributed by atoms with van der Waals surface area (Å²) in [5.41, 5.74) is 1.11. The Balaban J connectivity index is 2.00. The number of nitrogens with one attached hydrogen (secondary N) is 1. The molecule has 0 aliphatic heterocycles. The molecule has 2 amide bonds. The van der Waals surface area contributed by atoms with E-state index in [1.54, 1.807) is 73.7 Å². The van der Waals surface area contributed by atoms with Crippen molar-refractivity contribution in [2.75, 3.05) is 10.8 Å². The van der Waals surface area contributed by atoms with Crippen LogP contribution in [0.3, 0.4) is 0 Å². The van der Waals surface area contributed by atoms with E-state index in [4.69, 9.17) is 11.6 Å². The highest BCUT2D eigenvalue weighted by molar-refractivity contribution is 14.1. The highest BCUT2D eigenvalue weighted by Gasteiger charge is 2.32. The van der Waals surface area contributed by atoms with Gasteiger partial charge in [-0.1, -0.05) is 48.9 Å². The largest absolute Gasteiger partial charge is 0.352 e. The molecule has 3 aromatic carbocycles. The first-order chi connectivity index (χ1) is 18.0. The van der Waals surface area contributed by atoms with Gasteiger partial charge in [-0.25, -0.2) is 8.42 Å². The van der Waals surface area contributed by atoms with Gasteiger partial charge in [0.05, 0.1) is 10.6 Å². The SMILES string of the molecule is CC[C@H](C)NC(=O)[C@@H](C)N(Cc1ccc(Cl)cc1)C(=O)CN(c1ccc(I)cc1)S(=O)(=O)c1ccccc1. The molecule has 0 unspecified atom stereocenters. The van der Waals surface area contributed by atoms with Gasteiger partial charge >= 0.3 is 0 Å². The third-order valence-corrected chi connectivity index (χ3v) is 8.92. The van der Waals surface area contributed by atoms with Gasteiger partial charge in [0.2, 0.25) is 11.8 Å². The number of carbonyl (C=O) groups excluding carboxylic acids is 2. The highest BCUT2D eigenvalue weighted by atomic mass is 127. The molecule has 0 radical (unpaired) electrons. The summed E-state index contributed by atoms with van der Waals surface area (Å²) in [5, 5.41) is 3.47. The number of halogens is 2. The van der Waals surface area contributed by atoms with Crippen molar-refractivity contribution < 1.29 is 18.0 Å². The third-order valence-electron chi connectivity index (χ3n) is 6.16. The first-order valence-corrected chi connectivity index (χ1v) is 15.1. The van der Waals surface area contributed by atoms with Crippen LogP contribution in [-0.2, 0) is 26.2 Å². The van der Waals surface area contributed by atoms with Crippen LogP contribution < -0.4 is 9.62 Å². The number of hydrogen-bond donors (Lipinski definition) is 1. The Hall–Kier alpha value is -2.63. The summed E-state index contributed by atoms with van der Waals surface area (Å²) in [5.74, 6) is -0.821. The third kappa shape index (κ3) is 7.70. The zero-order chi connectivity index (χ0) is 27.9. The lowest BCUT2D eigenvalue weighted by molar-refractivity contribution is -0.139. The Morgan fingerprint density at radius 1 is 0.947 bits per heavy atom. The van der Waals surface area contributed by atoms with E-state index in [2.05, 4.69) is 27.9 Å². The van der Waals surface area contributed by atoms with Crippen molar-refractivity contribution in [2.45, 2.75) is 50.7 Å². The average Bonchev–Trinajstić information content (AvgIpc) is 2.91. The summed E-state index contributed by atoms with van der Waals surface area (Å²) in [6.07, 6.45) is 0.736. The molecule has 3 rings (SSSR count). The fraction of sp³-hybridized carbons (Fsp3) is 0.286. The van der Waals surface area contributed by atoms with Crippen LogP contribution in [0.2, 0.25) is 5.02 Å². The second kappa shape index (κ2) is 13.4. The Morgan fingerprint density at radius 2 is 1.55 bits per heavy atom. The summed E-state index contributed by atoms with van der Waals surface area (Å²) in [4.78, 5) is 28.4. The molecule has 3 aromatic rings. The summed E-state index contributed by atoms with van der Waals surface area (Å²) < 4.78 is 29.5. The maximum atomic E-state index is 13.9. The first-order valence-electron chi connectivity index (χ1n) is 12.2. The monoisotopic (exact) mass is 667 g/mol. The molecule has 2 atom stereocenters. The van der Waals surface area contributed by atoms with Crippen molar-refractivity contribution in [3.05, 3.63) is 93.0 Å². The van der Waals surface area contributed by atoms with E-state index in [9.17, 15) is 18.0 Å². The maximum Gasteiger partial charge on any atom is 0.264 e. The van der Waals surface area contributed by atoms with Crippen molar-refractivity contribution in [3.8, 4) is 0 Å². The lowest BCUT2D eigenvalue weighted by Gasteiger charge is -2.32. The minimum atomic E-state index is -4.08. The van der Waals surface area contributed by atoms with E-state index >= 15 is 0 Å². The van der Waals surface area contributed by atoms with E-state index in [1.807, 2.05) is 13.8 Å². The fourth-order valence-electron chi connectivity index (χ4n) is 3.69. The van der Waals surface area contributed by atoms with E-state index in [0.717, 1.165) is 19.9 Å². The molecule has 1 N–H and O–H groups in total. The summed E-state index contributed by atoms with van der Waals surface area (Å²) in [7, 11) is -4.08. The van der Waals surface area contributed by atoms with Crippen LogP contribution in [0.15, 0.2) is 83.8 Å². The second-order valence-corrected chi connectivity index (χ2v) is 12.5. The Labute approximate surface area is 243 Å². The van der Waals surface area contributed by atoms with Gasteiger partial charge in [0.15, 0.2) is 0 Å². The predicted octanol–water partition coefficient (Wildman–Crippen LogP) is 5.47. The van der Waals surface area contributed by atoms with E-state index in [0.29, 0.717) is 10.7 Å². The molecule has 0 saturated carbocycles. The molecular weight excluding hydrogens is 637 g/mol. The number of sulfonamides is 1. The van der Waals surface area contributed by atoms with Crippen LogP contribution in [0.1, 0.15) is 32.8 Å². The average molecular weight is 668 g/mol. The molecule has 0 aliphatic rings. The molecule has 7 nitrogen and oxygen atoms in total. The molecule has 10 heteroatoms. The molecule has 0 spiro atoms. The Morgan fingerprint density at radius 3 is 2.13 bits per heavy atom.